The molecule has 2 rings (SSSR count). The molecule has 1 saturated carbocycles. The maximum absolute atomic E-state index is 12.1. The topological polar surface area (TPSA) is 71.3 Å². The Bertz CT molecular complexity index is 613. The second-order valence-corrected chi connectivity index (χ2v) is 6.23. The fourth-order valence-corrected chi connectivity index (χ4v) is 3.11. The number of ether oxygens (including phenoxy) is 2. The van der Waals surface area contributed by atoms with Crippen molar-refractivity contribution in [3.8, 4) is 17.6 Å². The molecule has 1 fully saturated rings. The SMILES string of the molecule is COc1cc(C#N)cc(Cl)c1OCC(=O)N[C@H]1CCCC[C@@H]1C. The summed E-state index contributed by atoms with van der Waals surface area (Å²) in [6.07, 6.45) is 4.52. The van der Waals surface area contributed by atoms with Gasteiger partial charge in [-0.15, -0.1) is 0 Å². The van der Waals surface area contributed by atoms with Gasteiger partial charge in [-0.3, -0.25) is 4.79 Å². The molecule has 124 valence electrons. The van der Waals surface area contributed by atoms with E-state index in [4.69, 9.17) is 26.3 Å². The number of nitriles is 1. The average Bonchev–Trinajstić information content (AvgIpc) is 2.55. The Morgan fingerprint density at radius 3 is 2.83 bits per heavy atom. The van der Waals surface area contributed by atoms with Crippen molar-refractivity contribution in [2.24, 2.45) is 5.92 Å². The first-order valence-corrected chi connectivity index (χ1v) is 8.12. The maximum Gasteiger partial charge on any atom is 0.258 e. The molecule has 0 saturated heterocycles. The first kappa shape index (κ1) is 17.4. The zero-order chi connectivity index (χ0) is 16.8. The van der Waals surface area contributed by atoms with Gasteiger partial charge in [0.2, 0.25) is 0 Å². The summed E-state index contributed by atoms with van der Waals surface area (Å²) in [5.41, 5.74) is 0.375. The molecule has 0 unspecified atom stereocenters. The lowest BCUT2D eigenvalue weighted by atomic mass is 9.86. The summed E-state index contributed by atoms with van der Waals surface area (Å²) in [6.45, 7) is 2.02. The minimum absolute atomic E-state index is 0.134. The number of benzene rings is 1. The summed E-state index contributed by atoms with van der Waals surface area (Å²) in [4.78, 5) is 12.1. The van der Waals surface area contributed by atoms with Gasteiger partial charge < -0.3 is 14.8 Å². The van der Waals surface area contributed by atoms with E-state index in [2.05, 4.69) is 12.2 Å². The highest BCUT2D eigenvalue weighted by Gasteiger charge is 2.23. The fourth-order valence-electron chi connectivity index (χ4n) is 2.84. The molecule has 2 atom stereocenters. The van der Waals surface area contributed by atoms with Crippen LogP contribution in [0.5, 0.6) is 11.5 Å². The van der Waals surface area contributed by atoms with Gasteiger partial charge in [-0.05, 0) is 24.8 Å². The third kappa shape index (κ3) is 4.52. The van der Waals surface area contributed by atoms with E-state index in [1.54, 1.807) is 0 Å². The molecule has 0 aliphatic heterocycles. The van der Waals surface area contributed by atoms with Crippen molar-refractivity contribution in [3.63, 3.8) is 0 Å². The molecule has 0 spiro atoms. The molecule has 1 amide bonds. The second kappa shape index (κ2) is 8.07. The van der Waals surface area contributed by atoms with Gasteiger partial charge in [-0.1, -0.05) is 31.4 Å². The normalized spacial score (nSPS) is 20.4. The molecule has 1 aromatic carbocycles. The van der Waals surface area contributed by atoms with Crippen LogP contribution in [0.1, 0.15) is 38.2 Å². The largest absolute Gasteiger partial charge is 0.493 e. The van der Waals surface area contributed by atoms with Crippen molar-refractivity contribution in [2.45, 2.75) is 38.6 Å². The Morgan fingerprint density at radius 1 is 1.43 bits per heavy atom. The Kier molecular flexibility index (Phi) is 6.12. The Hall–Kier alpha value is -1.93. The average molecular weight is 337 g/mol. The molecule has 23 heavy (non-hydrogen) atoms. The molecule has 1 aliphatic carbocycles. The van der Waals surface area contributed by atoms with Gasteiger partial charge in [0, 0.05) is 12.1 Å². The standard InChI is InChI=1S/C17H21ClN2O3/c1-11-5-3-4-6-14(11)20-16(21)10-23-17-13(18)7-12(9-19)8-15(17)22-2/h7-8,11,14H,3-6,10H2,1-2H3,(H,20,21)/t11-,14-/m0/s1. The first-order chi connectivity index (χ1) is 11.0. The monoisotopic (exact) mass is 336 g/mol. The minimum Gasteiger partial charge on any atom is -0.493 e. The highest BCUT2D eigenvalue weighted by molar-refractivity contribution is 6.32. The maximum atomic E-state index is 12.1. The van der Waals surface area contributed by atoms with Crippen LogP contribution in [0.15, 0.2) is 12.1 Å². The van der Waals surface area contributed by atoms with Crippen LogP contribution in [-0.4, -0.2) is 25.7 Å². The number of amides is 1. The molecular formula is C17H21ClN2O3. The predicted octanol–water partition coefficient (Wildman–Crippen LogP) is 3.29. The van der Waals surface area contributed by atoms with Gasteiger partial charge in [-0.2, -0.15) is 5.26 Å². The molecule has 5 nitrogen and oxygen atoms in total. The molecule has 0 aromatic heterocycles. The van der Waals surface area contributed by atoms with Crippen molar-refractivity contribution in [1.82, 2.24) is 5.32 Å². The summed E-state index contributed by atoms with van der Waals surface area (Å²) in [6, 6.07) is 5.22. The number of methoxy groups -OCH3 is 1. The fraction of sp³-hybridized carbons (Fsp3) is 0.529. The van der Waals surface area contributed by atoms with E-state index < -0.39 is 0 Å². The summed E-state index contributed by atoms with van der Waals surface area (Å²) in [7, 11) is 1.46. The summed E-state index contributed by atoms with van der Waals surface area (Å²) in [5, 5.41) is 12.2. The van der Waals surface area contributed by atoms with Gasteiger partial charge in [0.1, 0.15) is 0 Å². The van der Waals surface area contributed by atoms with E-state index in [1.807, 2.05) is 6.07 Å². The number of carbonyl (C=O) groups excluding carboxylic acids is 1. The number of nitrogens with zero attached hydrogens (tertiary/aromatic N) is 1. The zero-order valence-corrected chi connectivity index (χ0v) is 14.2. The number of halogens is 1. The molecule has 1 N–H and O–H groups in total. The Labute approximate surface area is 141 Å². The minimum atomic E-state index is -0.175. The van der Waals surface area contributed by atoms with Crippen LogP contribution < -0.4 is 14.8 Å². The number of hydrogen-bond acceptors (Lipinski definition) is 4. The van der Waals surface area contributed by atoms with E-state index in [0.717, 1.165) is 19.3 Å². The van der Waals surface area contributed by atoms with Gasteiger partial charge in [0.15, 0.2) is 18.1 Å². The lowest BCUT2D eigenvalue weighted by Crippen LogP contribution is -2.43. The molecular weight excluding hydrogens is 316 g/mol. The van der Waals surface area contributed by atoms with Gasteiger partial charge in [0.05, 0.1) is 23.8 Å². The van der Waals surface area contributed by atoms with Crippen molar-refractivity contribution in [1.29, 1.82) is 5.26 Å². The highest BCUT2D eigenvalue weighted by atomic mass is 35.5. The lowest BCUT2D eigenvalue weighted by molar-refractivity contribution is -0.124. The van der Waals surface area contributed by atoms with Crippen molar-refractivity contribution < 1.29 is 14.3 Å². The molecule has 0 heterocycles. The summed E-state index contributed by atoms with van der Waals surface area (Å²) < 4.78 is 10.7. The molecule has 1 aromatic rings. The van der Waals surface area contributed by atoms with Crippen LogP contribution in [0.4, 0.5) is 0 Å². The van der Waals surface area contributed by atoms with Gasteiger partial charge >= 0.3 is 0 Å². The molecule has 0 radical (unpaired) electrons. The van der Waals surface area contributed by atoms with E-state index in [-0.39, 0.29) is 29.3 Å². The smallest absolute Gasteiger partial charge is 0.258 e. The van der Waals surface area contributed by atoms with Crippen molar-refractivity contribution in [3.05, 3.63) is 22.7 Å². The third-order valence-corrected chi connectivity index (χ3v) is 4.44. The van der Waals surface area contributed by atoms with Crippen LogP contribution in [0, 0.1) is 17.2 Å². The van der Waals surface area contributed by atoms with Gasteiger partial charge in [0.25, 0.3) is 5.91 Å². The predicted molar refractivity (Wildman–Crippen MR) is 87.8 cm³/mol. The zero-order valence-electron chi connectivity index (χ0n) is 13.4. The van der Waals surface area contributed by atoms with E-state index >= 15 is 0 Å². The van der Waals surface area contributed by atoms with Crippen LogP contribution in [0.3, 0.4) is 0 Å². The summed E-state index contributed by atoms with van der Waals surface area (Å²) in [5.74, 6) is 0.930. The first-order valence-electron chi connectivity index (χ1n) is 7.75. The lowest BCUT2D eigenvalue weighted by Gasteiger charge is -2.29. The van der Waals surface area contributed by atoms with Crippen LogP contribution in [0.2, 0.25) is 5.02 Å². The Morgan fingerprint density at radius 2 is 2.17 bits per heavy atom. The highest BCUT2D eigenvalue weighted by Crippen LogP contribution is 2.36. The van der Waals surface area contributed by atoms with Crippen LogP contribution >= 0.6 is 11.6 Å². The van der Waals surface area contributed by atoms with Gasteiger partial charge in [-0.25, -0.2) is 0 Å². The number of nitrogens with one attached hydrogen (secondary N) is 1. The van der Waals surface area contributed by atoms with Crippen LogP contribution in [0.25, 0.3) is 0 Å². The summed E-state index contributed by atoms with van der Waals surface area (Å²) >= 11 is 6.10. The van der Waals surface area contributed by atoms with Crippen molar-refractivity contribution >= 4 is 17.5 Å². The quantitative estimate of drug-likeness (QED) is 0.895. The molecule has 6 heteroatoms. The van der Waals surface area contributed by atoms with Crippen LogP contribution in [-0.2, 0) is 4.79 Å². The molecule has 0 bridgehead atoms. The molecule has 1 aliphatic rings. The van der Waals surface area contributed by atoms with Crippen molar-refractivity contribution in [2.75, 3.05) is 13.7 Å². The number of rotatable bonds is 5. The Balaban J connectivity index is 1.97. The van der Waals surface area contributed by atoms with E-state index in [9.17, 15) is 4.79 Å². The third-order valence-electron chi connectivity index (χ3n) is 4.16. The van der Waals surface area contributed by atoms with E-state index in [1.165, 1.54) is 25.7 Å². The second-order valence-electron chi connectivity index (χ2n) is 5.83. The number of hydrogen-bond donors (Lipinski definition) is 1. The number of carbonyl (C=O) groups is 1. The van der Waals surface area contributed by atoms with E-state index in [0.29, 0.717) is 17.2 Å².